The van der Waals surface area contributed by atoms with Crippen LogP contribution in [-0.2, 0) is 50.3 Å². The van der Waals surface area contributed by atoms with Gasteiger partial charge >= 0.3 is 0 Å². The van der Waals surface area contributed by atoms with Gasteiger partial charge in [0.1, 0.15) is 0 Å². The summed E-state index contributed by atoms with van der Waals surface area (Å²) in [5.74, 6) is 0. The summed E-state index contributed by atoms with van der Waals surface area (Å²) >= 11 is 0. The first-order chi connectivity index (χ1) is 0. The zero-order valence-corrected chi connectivity index (χ0v) is 5.24. The normalized spacial score (nSPS) is 0. The molecule has 4 N–H and O–H groups in total. The Morgan fingerprint density at radius 3 is 0.800 bits per heavy atom. The van der Waals surface area contributed by atoms with E-state index in [0.717, 1.165) is 0 Å². The monoisotopic (exact) mass is 208 g/mol. The molecule has 0 aliphatic carbocycles. The predicted molar refractivity (Wildman–Crippen MR) is 7.23 cm³/mol. The van der Waals surface area contributed by atoms with Crippen LogP contribution in [-0.4, -0.2) is 11.0 Å². The summed E-state index contributed by atoms with van der Waals surface area (Å²) in [6.07, 6.45) is 0. The maximum absolute atomic E-state index is 0. The van der Waals surface area contributed by atoms with Gasteiger partial charge in [-0.05, 0) is 0 Å². The van der Waals surface area contributed by atoms with E-state index in [1.54, 1.807) is 0 Å². The Bertz CT molecular complexity index is 9.61. The summed E-state index contributed by atoms with van der Waals surface area (Å²) in [6, 6.07) is 0. The Morgan fingerprint density at radius 2 is 0.800 bits per heavy atom. The molecule has 0 saturated heterocycles. The van der Waals surface area contributed by atoms with E-state index in [0.29, 0.717) is 0 Å². The smallest absolute Gasteiger partial charge is 0 e. The topological polar surface area (TPSA) is 63.0 Å². The van der Waals surface area contributed by atoms with Gasteiger partial charge in [-0.25, -0.2) is 0 Å². The minimum absolute atomic E-state index is 0. The molecule has 0 fully saturated rings. The summed E-state index contributed by atoms with van der Waals surface area (Å²) in [5.41, 5.74) is 0. The van der Waals surface area contributed by atoms with Crippen LogP contribution in [0.15, 0.2) is 0 Å². The summed E-state index contributed by atoms with van der Waals surface area (Å²) < 4.78 is 0. The predicted octanol–water partition coefficient (Wildman–Crippen LogP) is -1.66. The van der Waals surface area contributed by atoms with Gasteiger partial charge in [-0.1, -0.05) is 0 Å². The molecule has 5 heteroatoms. The van der Waals surface area contributed by atoms with Gasteiger partial charge in [0.05, 0.1) is 0 Å². The second-order valence-corrected chi connectivity index (χ2v) is 0. The maximum Gasteiger partial charge on any atom is 0 e. The second kappa shape index (κ2) is 51.7. The van der Waals surface area contributed by atoms with Gasteiger partial charge in [-0.15, -0.1) is 0 Å². The van der Waals surface area contributed by atoms with Crippen molar-refractivity contribution in [3.05, 3.63) is 0 Å². The SMILES string of the molecule is O.O.[Co].[Mn].[Ni]. The molecule has 0 aromatic carbocycles. The van der Waals surface area contributed by atoms with Gasteiger partial charge in [0.25, 0.3) is 0 Å². The van der Waals surface area contributed by atoms with Crippen molar-refractivity contribution in [2.24, 2.45) is 0 Å². The molecular weight excluding hydrogens is 205 g/mol. The van der Waals surface area contributed by atoms with Gasteiger partial charge in [-0.2, -0.15) is 0 Å². The van der Waals surface area contributed by atoms with Crippen molar-refractivity contribution in [2.75, 3.05) is 0 Å². The number of hydrogen-bond donors (Lipinski definition) is 0. The molecule has 0 aromatic rings. The number of rotatable bonds is 0. The van der Waals surface area contributed by atoms with Crippen molar-refractivity contribution in [1.82, 2.24) is 0 Å². The molecule has 0 aromatic heterocycles. The van der Waals surface area contributed by atoms with Crippen LogP contribution in [0, 0.1) is 0 Å². The zero-order chi connectivity index (χ0) is 0. The first kappa shape index (κ1) is 92.0. The van der Waals surface area contributed by atoms with E-state index in [1.165, 1.54) is 0 Å². The Labute approximate surface area is 61.3 Å². The van der Waals surface area contributed by atoms with E-state index in [-0.39, 0.29) is 61.3 Å². The molecular formula is H4CoMnNiO2. The summed E-state index contributed by atoms with van der Waals surface area (Å²) in [4.78, 5) is 0. The van der Waals surface area contributed by atoms with E-state index in [1.807, 2.05) is 0 Å². The molecule has 42 valence electrons. The van der Waals surface area contributed by atoms with E-state index < -0.39 is 0 Å². The molecule has 5 heavy (non-hydrogen) atoms. The van der Waals surface area contributed by atoms with Crippen molar-refractivity contribution >= 4 is 0 Å². The van der Waals surface area contributed by atoms with Gasteiger partial charge < -0.3 is 11.0 Å². The van der Waals surface area contributed by atoms with E-state index in [9.17, 15) is 0 Å². The van der Waals surface area contributed by atoms with Crippen LogP contribution in [0.3, 0.4) is 0 Å². The second-order valence-electron chi connectivity index (χ2n) is 0. The van der Waals surface area contributed by atoms with Crippen LogP contribution >= 0.6 is 0 Å². The van der Waals surface area contributed by atoms with Crippen LogP contribution in [0.5, 0.6) is 0 Å². The Morgan fingerprint density at radius 1 is 0.800 bits per heavy atom. The molecule has 0 unspecified atom stereocenters. The molecule has 2 nitrogen and oxygen atoms in total. The molecule has 0 spiro atoms. The van der Waals surface area contributed by atoms with Crippen molar-refractivity contribution in [1.29, 1.82) is 0 Å². The molecule has 0 atom stereocenters. The quantitative estimate of drug-likeness (QED) is 0.428. The fourth-order valence-electron chi connectivity index (χ4n) is 0. The van der Waals surface area contributed by atoms with Crippen LogP contribution in [0.2, 0.25) is 0 Å². The van der Waals surface area contributed by atoms with E-state index in [2.05, 4.69) is 0 Å². The Hall–Kier alpha value is 1.44. The van der Waals surface area contributed by atoms with Crippen molar-refractivity contribution in [3.8, 4) is 0 Å². The fraction of sp³-hybridized carbons (Fsp3) is 0. The van der Waals surface area contributed by atoms with Crippen LogP contribution in [0.1, 0.15) is 0 Å². The molecule has 0 bridgehead atoms. The molecule has 0 heterocycles. The number of hydrogen-bond acceptors (Lipinski definition) is 0. The minimum atomic E-state index is 0. The molecule has 0 rings (SSSR count). The largest absolute Gasteiger partial charge is 0.412 e. The molecule has 0 saturated carbocycles. The van der Waals surface area contributed by atoms with Crippen molar-refractivity contribution in [3.63, 3.8) is 0 Å². The zero-order valence-electron chi connectivity index (χ0n) is 2.03. The summed E-state index contributed by atoms with van der Waals surface area (Å²) in [6.45, 7) is 0. The first-order valence-electron chi connectivity index (χ1n) is 0. The van der Waals surface area contributed by atoms with Gasteiger partial charge in [-0.3, -0.25) is 0 Å². The van der Waals surface area contributed by atoms with Crippen molar-refractivity contribution in [2.45, 2.75) is 0 Å². The Kier molecular flexibility index (Phi) is 951. The van der Waals surface area contributed by atoms with Gasteiger partial charge in [0.2, 0.25) is 0 Å². The summed E-state index contributed by atoms with van der Waals surface area (Å²) in [7, 11) is 0. The third-order valence-corrected chi connectivity index (χ3v) is 0. The average molecular weight is 209 g/mol. The van der Waals surface area contributed by atoms with E-state index in [4.69, 9.17) is 0 Å². The third-order valence-electron chi connectivity index (χ3n) is 0. The molecule has 0 amide bonds. The third kappa shape index (κ3) is 31.1. The van der Waals surface area contributed by atoms with Crippen LogP contribution < -0.4 is 0 Å². The van der Waals surface area contributed by atoms with E-state index >= 15 is 0 Å². The van der Waals surface area contributed by atoms with Crippen LogP contribution in [0.25, 0.3) is 0 Å². The van der Waals surface area contributed by atoms with Crippen LogP contribution in [0.4, 0.5) is 0 Å². The van der Waals surface area contributed by atoms with Gasteiger partial charge in [0.15, 0.2) is 0 Å². The molecule has 2 radical (unpaired) electrons. The summed E-state index contributed by atoms with van der Waals surface area (Å²) in [5, 5.41) is 0. The van der Waals surface area contributed by atoms with Gasteiger partial charge in [0, 0.05) is 50.3 Å². The van der Waals surface area contributed by atoms with Crippen molar-refractivity contribution < 1.29 is 61.3 Å². The standard InChI is InChI=1S/Co.Mn.Ni.2H2O/h;;;2*1H2. The fourth-order valence-corrected chi connectivity index (χ4v) is 0. The molecule has 0 aliphatic rings. The first-order valence-corrected chi connectivity index (χ1v) is 0. The minimum Gasteiger partial charge on any atom is -0.412 e. The average Bonchev–Trinajstić information content (AvgIpc) is 0. The molecule has 0 aliphatic heterocycles. The maximum atomic E-state index is 0. The Balaban J connectivity index is 0.